The molecule has 0 N–H and O–H groups in total. The largest absolute Gasteiger partial charge is 0.604 e. The van der Waals surface area contributed by atoms with Crippen LogP contribution in [0.1, 0.15) is 174 Å². The second-order valence-corrected chi connectivity index (χ2v) is 19.7. The second kappa shape index (κ2) is 22.9. The first-order valence-electron chi connectivity index (χ1n) is 22.9. The fraction of sp³-hybridized carbons (Fsp3) is 0.538. The van der Waals surface area contributed by atoms with Gasteiger partial charge in [0.15, 0.2) is 11.5 Å². The molecule has 0 heterocycles. The molecule has 0 fully saturated rings. The molecule has 1 aliphatic carbocycles. The van der Waals surface area contributed by atoms with E-state index in [2.05, 4.69) is 80.2 Å². The summed E-state index contributed by atoms with van der Waals surface area (Å²) in [6.07, 6.45) is 13.2. The third kappa shape index (κ3) is 11.8. The summed E-state index contributed by atoms with van der Waals surface area (Å²) in [7, 11) is -4.44. The number of hydrogen-bond donors (Lipinski definition) is 0. The van der Waals surface area contributed by atoms with Gasteiger partial charge in [-0.25, -0.2) is 0 Å². The molecule has 4 unspecified atom stereocenters. The average molecular weight is 857 g/mol. The van der Waals surface area contributed by atoms with E-state index in [1.807, 2.05) is 69.3 Å². The van der Waals surface area contributed by atoms with Crippen LogP contribution in [0.25, 0.3) is 0 Å². The Kier molecular flexibility index (Phi) is 18.7. The zero-order chi connectivity index (χ0) is 44.0. The van der Waals surface area contributed by atoms with Gasteiger partial charge in [-0.1, -0.05) is 123 Å². The molecule has 6 nitrogen and oxygen atoms in total. The van der Waals surface area contributed by atoms with E-state index in [-0.39, 0.29) is 0 Å². The molecular formula is C52H74O6P2+2. The van der Waals surface area contributed by atoms with Gasteiger partial charge in [-0.3, -0.25) is 9.05 Å². The van der Waals surface area contributed by atoms with Crippen LogP contribution >= 0.6 is 16.1 Å². The van der Waals surface area contributed by atoms with Crippen molar-refractivity contribution in [1.82, 2.24) is 0 Å². The Morgan fingerprint density at radius 1 is 0.683 bits per heavy atom. The SMILES string of the molecule is C=C1C=C(C(CC)CC)CC(C)=C1OC(CC)(CCC)[P+](=O)Oc1ccc(Cc2ccc(O[P+](=O)C(CC)(CC)Oc3c(C)cc(C(CC)CCC)cc3CC)cc2)cc1. The van der Waals surface area contributed by atoms with Gasteiger partial charge in [-0.05, 0) is 144 Å². The molecule has 0 aliphatic heterocycles. The highest BCUT2D eigenvalue weighted by atomic mass is 31.1. The molecule has 3 aromatic carbocycles. The Morgan fingerprint density at radius 3 is 1.67 bits per heavy atom. The lowest BCUT2D eigenvalue weighted by molar-refractivity contribution is 0.0597. The van der Waals surface area contributed by atoms with E-state index in [4.69, 9.17) is 18.5 Å². The zero-order valence-corrected chi connectivity index (χ0v) is 40.5. The monoisotopic (exact) mass is 856 g/mol. The van der Waals surface area contributed by atoms with Gasteiger partial charge in [0.25, 0.3) is 0 Å². The van der Waals surface area contributed by atoms with Gasteiger partial charge >= 0.3 is 26.7 Å². The van der Waals surface area contributed by atoms with E-state index in [9.17, 15) is 9.13 Å². The van der Waals surface area contributed by atoms with Crippen molar-refractivity contribution < 1.29 is 27.7 Å². The topological polar surface area (TPSA) is 71.1 Å². The third-order valence-electron chi connectivity index (χ3n) is 12.6. The van der Waals surface area contributed by atoms with Crippen LogP contribution in [0.15, 0.2) is 95.8 Å². The maximum Gasteiger partial charge on any atom is 0.604 e. The summed E-state index contributed by atoms with van der Waals surface area (Å²) in [6, 6.07) is 20.1. The highest BCUT2D eigenvalue weighted by Gasteiger charge is 2.54. The van der Waals surface area contributed by atoms with Crippen LogP contribution in [0.2, 0.25) is 0 Å². The summed E-state index contributed by atoms with van der Waals surface area (Å²) in [5.41, 5.74) is 9.16. The van der Waals surface area contributed by atoms with Crippen molar-refractivity contribution >= 4 is 16.1 Å². The molecule has 4 rings (SSSR count). The molecule has 1 aliphatic rings. The lowest BCUT2D eigenvalue weighted by atomic mass is 9.84. The summed E-state index contributed by atoms with van der Waals surface area (Å²) >= 11 is 0. The van der Waals surface area contributed by atoms with Crippen LogP contribution in [-0.2, 0) is 26.7 Å². The summed E-state index contributed by atoms with van der Waals surface area (Å²) < 4.78 is 54.0. The summed E-state index contributed by atoms with van der Waals surface area (Å²) in [5.74, 6) is 3.75. The third-order valence-corrected chi connectivity index (χ3v) is 16.0. The molecule has 0 bridgehead atoms. The van der Waals surface area contributed by atoms with Gasteiger partial charge in [0, 0.05) is 31.3 Å². The summed E-state index contributed by atoms with van der Waals surface area (Å²) in [5, 5.41) is -1.92. The van der Waals surface area contributed by atoms with Crippen LogP contribution in [-0.4, -0.2) is 10.7 Å². The number of hydrogen-bond acceptors (Lipinski definition) is 6. The van der Waals surface area contributed by atoms with Gasteiger partial charge in [-0.15, -0.1) is 0 Å². The first kappa shape index (κ1) is 48.9. The van der Waals surface area contributed by atoms with E-state index in [0.717, 1.165) is 89.9 Å². The minimum atomic E-state index is -2.22. The molecule has 0 aromatic heterocycles. The standard InChI is InChI=1S/C52H74O6P2/c1-13-22-43(17-5)46-34-39(12)50(44(18-6)36-46)56-51(19-7,20-8)59(53)57-47-27-23-40(24-28-47)35-41-25-29-48(30-26-41)58-60(54)52(21-9,31-14-2)55-49-37(10)32-45(33-38(49)11)42(15-3)16-4/h23-30,32,34,36,42-43H,10,13-22,31,33,35H2,1-9,11-12H3/q+2. The molecule has 60 heavy (non-hydrogen) atoms. The maximum absolute atomic E-state index is 14.1. The van der Waals surface area contributed by atoms with Crippen LogP contribution in [0.3, 0.4) is 0 Å². The lowest BCUT2D eigenvalue weighted by Crippen LogP contribution is -2.32. The Hall–Kier alpha value is -3.72. The average Bonchev–Trinajstić information content (AvgIpc) is 3.25. The van der Waals surface area contributed by atoms with Gasteiger partial charge in [-0.2, -0.15) is 0 Å². The van der Waals surface area contributed by atoms with Crippen molar-refractivity contribution in [3.63, 3.8) is 0 Å². The van der Waals surface area contributed by atoms with Gasteiger partial charge in [0.1, 0.15) is 11.5 Å². The van der Waals surface area contributed by atoms with Crippen LogP contribution < -0.4 is 13.8 Å². The number of ether oxygens (including phenoxy) is 2. The van der Waals surface area contributed by atoms with Crippen LogP contribution in [0.5, 0.6) is 17.2 Å². The summed E-state index contributed by atoms with van der Waals surface area (Å²) in [6.45, 7) is 27.9. The second-order valence-electron chi connectivity index (χ2n) is 16.7. The summed E-state index contributed by atoms with van der Waals surface area (Å²) in [4.78, 5) is 0. The predicted molar refractivity (Wildman–Crippen MR) is 252 cm³/mol. The van der Waals surface area contributed by atoms with E-state index in [0.29, 0.717) is 55.4 Å². The van der Waals surface area contributed by atoms with Crippen molar-refractivity contribution in [3.8, 4) is 17.2 Å². The van der Waals surface area contributed by atoms with Crippen molar-refractivity contribution in [2.24, 2.45) is 5.92 Å². The van der Waals surface area contributed by atoms with Crippen LogP contribution in [0, 0.1) is 12.8 Å². The Balaban J connectivity index is 1.42. The van der Waals surface area contributed by atoms with Crippen molar-refractivity contribution in [2.75, 3.05) is 0 Å². The number of aryl methyl sites for hydroxylation is 2. The molecular weight excluding hydrogens is 783 g/mol. The maximum atomic E-state index is 14.1. The Morgan fingerprint density at radius 2 is 1.22 bits per heavy atom. The van der Waals surface area contributed by atoms with Crippen molar-refractivity contribution in [2.45, 2.75) is 176 Å². The zero-order valence-electron chi connectivity index (χ0n) is 38.7. The number of allylic oxidation sites excluding steroid dienone is 3. The molecule has 0 radical (unpaired) electrons. The lowest BCUT2D eigenvalue weighted by Gasteiger charge is -2.29. The van der Waals surface area contributed by atoms with E-state index in [1.165, 1.54) is 17.6 Å². The van der Waals surface area contributed by atoms with Crippen LogP contribution in [0.4, 0.5) is 0 Å². The fourth-order valence-electron chi connectivity index (χ4n) is 8.65. The van der Waals surface area contributed by atoms with Gasteiger partial charge < -0.3 is 9.47 Å². The van der Waals surface area contributed by atoms with Gasteiger partial charge in [0.05, 0.1) is 0 Å². The highest BCUT2D eigenvalue weighted by molar-refractivity contribution is 7.41. The molecule has 8 heteroatoms. The minimum Gasteiger partial charge on any atom is -0.441 e. The first-order valence-corrected chi connectivity index (χ1v) is 25.2. The molecule has 0 saturated carbocycles. The molecule has 0 spiro atoms. The smallest absolute Gasteiger partial charge is 0.441 e. The molecule has 0 saturated heterocycles. The Bertz CT molecular complexity index is 1970. The van der Waals surface area contributed by atoms with Crippen molar-refractivity contribution in [1.29, 1.82) is 0 Å². The fourth-order valence-corrected chi connectivity index (χ4v) is 11.1. The van der Waals surface area contributed by atoms with Gasteiger partial charge in [0.2, 0.25) is 0 Å². The predicted octanol–water partition coefficient (Wildman–Crippen LogP) is 16.8. The van der Waals surface area contributed by atoms with E-state index in [1.54, 1.807) is 0 Å². The molecule has 3 aromatic rings. The molecule has 0 amide bonds. The van der Waals surface area contributed by atoms with E-state index >= 15 is 0 Å². The molecule has 4 atom stereocenters. The van der Waals surface area contributed by atoms with E-state index < -0.39 is 26.7 Å². The Labute approximate surface area is 365 Å². The minimum absolute atomic E-state index is 0.531. The van der Waals surface area contributed by atoms with Crippen molar-refractivity contribution in [3.05, 3.63) is 124 Å². The highest BCUT2D eigenvalue weighted by Crippen LogP contribution is 2.51. The first-order chi connectivity index (χ1) is 28.8. The quantitative estimate of drug-likeness (QED) is 0.0791. The molecule has 326 valence electrons. The number of benzene rings is 3. The number of rotatable bonds is 25. The normalized spacial score (nSPS) is 15.3.